The minimum absolute atomic E-state index is 0. The molecule has 0 unspecified atom stereocenters. The van der Waals surface area contributed by atoms with Gasteiger partial charge in [-0.2, -0.15) is 5.26 Å². The van der Waals surface area contributed by atoms with E-state index < -0.39 is 27.7 Å². The second-order valence-electron chi connectivity index (χ2n) is 31.7. The Labute approximate surface area is 596 Å². The molecule has 2 fully saturated rings. The second kappa shape index (κ2) is 30.9. The predicted molar refractivity (Wildman–Crippen MR) is 395 cm³/mol. The Balaban J connectivity index is 0.000000264. The van der Waals surface area contributed by atoms with Crippen molar-refractivity contribution in [3.63, 3.8) is 0 Å². The van der Waals surface area contributed by atoms with Gasteiger partial charge in [-0.1, -0.05) is 224 Å². The minimum Gasteiger partial charge on any atom is -0.507 e. The van der Waals surface area contributed by atoms with E-state index in [0.29, 0.717) is 32.4 Å². The molecular weight excluding hydrogens is 1360 g/mol. The van der Waals surface area contributed by atoms with Gasteiger partial charge in [0, 0.05) is 99.2 Å². The van der Waals surface area contributed by atoms with Crippen molar-refractivity contribution < 1.29 is 46.1 Å². The van der Waals surface area contributed by atoms with E-state index in [1.807, 2.05) is 161 Å². The molecule has 0 aliphatic carbocycles. The summed E-state index contributed by atoms with van der Waals surface area (Å²) in [5.74, 6) is 0.556. The first kappa shape index (κ1) is 79.2. The van der Waals surface area contributed by atoms with E-state index in [1.165, 1.54) is 0 Å². The molecule has 6 aromatic rings. The van der Waals surface area contributed by atoms with Crippen molar-refractivity contribution in [3.8, 4) is 17.6 Å². The summed E-state index contributed by atoms with van der Waals surface area (Å²) in [6.45, 7) is 49.1. The molecule has 0 aromatic heterocycles. The first-order valence-electron chi connectivity index (χ1n) is 32.9. The normalized spacial score (nSPS) is 18.1. The summed E-state index contributed by atoms with van der Waals surface area (Å²) >= 11 is 6.90. The Morgan fingerprint density at radius 2 is 0.905 bits per heavy atom. The third-order valence-corrected chi connectivity index (χ3v) is 19.6. The molecule has 0 bridgehead atoms. The first-order chi connectivity index (χ1) is 43.4. The van der Waals surface area contributed by atoms with Gasteiger partial charge in [0.15, 0.2) is 0 Å². The van der Waals surface area contributed by atoms with E-state index in [1.54, 1.807) is 17.3 Å². The number of nitrogens with zero attached hydrogens (tertiary/aromatic N) is 5. The maximum atomic E-state index is 13.1. The van der Waals surface area contributed by atoms with Crippen molar-refractivity contribution in [2.75, 3.05) is 13.1 Å². The van der Waals surface area contributed by atoms with Crippen LogP contribution in [0.15, 0.2) is 165 Å². The molecule has 2 saturated heterocycles. The number of aliphatic imine (C=N–C) groups is 2. The standard InChI is InChI=1S/C36H56N2O2.C23H25BrN2O2.C22H24BrNO2.Co/c1-31(2,3)25-17-23(29(39)27(19-25)33(7,8)9)21-37-35(13,14)36(15,16)38-22-24-18-26(32(4,5)6)20-28(30(24)40)34(10,11)12;1-17(18-9-11-20(24)12-10-18)26-14-13-23(28-21(26)27,15-22(2,3)16-25)19-7-5-4-6-8-19;1-16(2)15-22(19-7-5-4-6-8-19)13-14-24(21(25)26-22)17(3)18-9-11-20(23)12-10-18;/h17-22,39-40H,1-16H3;4-12,17H,13-15H2,1-3H3;4-12,17H,1,13-15H2,2-3H3;/t;17-,23-;17-,22-;/m.00./s1. The van der Waals surface area contributed by atoms with Crippen LogP contribution in [-0.4, -0.2) is 68.8 Å². The maximum absolute atomic E-state index is 13.1. The summed E-state index contributed by atoms with van der Waals surface area (Å²) in [6, 6.07) is 46.4. The Hall–Kier alpha value is -6.50. The number of hydrogen-bond donors (Lipinski definition) is 2. The SMILES string of the molecule is C=C(C)C[C@]1(c2ccccc2)CCN([C@@H](C)c2ccc(Br)cc2)C(=O)O1.CC(C)(C)c1cc(C=NC(C)(C)C(C)(C)N=Cc2cc(C(C)(C)C)cc(C(C)(C)C)c2O)c(O)c(C(C)(C)C)c1.C[C@@H](c1ccc(Br)cc1)N1CC[C@](CC(C)(C)C#N)(c2ccccc2)OC1=O.[Co]. The van der Waals surface area contributed by atoms with Crippen LogP contribution in [0.25, 0.3) is 0 Å². The molecule has 1 radical (unpaired) electrons. The molecule has 0 spiro atoms. The Kier molecular flexibility index (Phi) is 25.8. The van der Waals surface area contributed by atoms with Crippen LogP contribution < -0.4 is 0 Å². The number of phenols is 2. The van der Waals surface area contributed by atoms with Crippen molar-refractivity contribution >= 4 is 56.5 Å². The molecule has 0 saturated carbocycles. The number of nitriles is 1. The van der Waals surface area contributed by atoms with Crippen molar-refractivity contribution in [3.05, 3.63) is 210 Å². The molecule has 2 amide bonds. The summed E-state index contributed by atoms with van der Waals surface area (Å²) in [7, 11) is 0. The number of amides is 2. The quantitative estimate of drug-likeness (QED) is 0.0768. The Bertz CT molecular complexity index is 3620. The molecule has 6 aromatic carbocycles. The molecule has 14 heteroatoms. The van der Waals surface area contributed by atoms with Crippen LogP contribution in [0.5, 0.6) is 11.5 Å². The first-order valence-corrected chi connectivity index (χ1v) is 34.5. The molecule has 513 valence electrons. The fourth-order valence-electron chi connectivity index (χ4n) is 11.8. The van der Waals surface area contributed by atoms with Crippen LogP contribution in [0.1, 0.15) is 239 Å². The second-order valence-corrected chi connectivity index (χ2v) is 33.5. The predicted octanol–water partition coefficient (Wildman–Crippen LogP) is 21.8. The van der Waals surface area contributed by atoms with Gasteiger partial charge in [-0.25, -0.2) is 9.59 Å². The fourth-order valence-corrected chi connectivity index (χ4v) is 12.3. The monoisotopic (exact) mass is 1460 g/mol. The summed E-state index contributed by atoms with van der Waals surface area (Å²) in [4.78, 5) is 39.5. The van der Waals surface area contributed by atoms with Gasteiger partial charge in [0.1, 0.15) is 22.7 Å². The van der Waals surface area contributed by atoms with Gasteiger partial charge in [0.05, 0.1) is 34.6 Å². The van der Waals surface area contributed by atoms with Crippen molar-refractivity contribution in [1.82, 2.24) is 9.80 Å². The number of rotatable bonds is 15. The Morgan fingerprint density at radius 3 is 1.22 bits per heavy atom. The number of cyclic esters (lactones) is 2. The number of phenolic OH excluding ortho intramolecular Hbond substituents is 2. The molecule has 95 heavy (non-hydrogen) atoms. The van der Waals surface area contributed by atoms with Gasteiger partial charge in [-0.3, -0.25) is 9.98 Å². The summed E-state index contributed by atoms with van der Waals surface area (Å²) < 4.78 is 14.2. The average molecular weight is 1460 g/mol. The average Bonchev–Trinajstić information content (AvgIpc) is 0.787. The smallest absolute Gasteiger partial charge is 0.411 e. The zero-order valence-corrected chi connectivity index (χ0v) is 64.5. The van der Waals surface area contributed by atoms with E-state index in [2.05, 4.69) is 167 Å². The van der Waals surface area contributed by atoms with Gasteiger partial charge >= 0.3 is 12.2 Å². The third-order valence-electron chi connectivity index (χ3n) is 18.6. The van der Waals surface area contributed by atoms with E-state index in [-0.39, 0.29) is 74.2 Å². The number of ether oxygens (including phenoxy) is 2. The number of benzene rings is 6. The zero-order chi connectivity index (χ0) is 70.4. The zero-order valence-electron chi connectivity index (χ0n) is 60.3. The number of carbonyl (C=O) groups excluding carboxylic acids is 2. The molecule has 2 N–H and O–H groups in total. The van der Waals surface area contributed by atoms with Crippen molar-refractivity contribution in [2.24, 2.45) is 15.4 Å². The van der Waals surface area contributed by atoms with Crippen LogP contribution in [0, 0.1) is 16.7 Å². The largest absolute Gasteiger partial charge is 0.507 e. The van der Waals surface area contributed by atoms with Crippen molar-refractivity contribution in [2.45, 2.75) is 227 Å². The van der Waals surface area contributed by atoms with Crippen LogP contribution in [0.4, 0.5) is 9.59 Å². The molecule has 8 rings (SSSR count). The van der Waals surface area contributed by atoms with E-state index in [0.717, 1.165) is 76.6 Å². The molecule has 2 heterocycles. The van der Waals surface area contributed by atoms with Crippen LogP contribution in [0.3, 0.4) is 0 Å². The fraction of sp³-hybridized carbons (Fsp3) is 0.469. The molecular formula is C81H105Br2CoN5O6. The summed E-state index contributed by atoms with van der Waals surface area (Å²) in [6.07, 6.45) is 5.50. The van der Waals surface area contributed by atoms with Gasteiger partial charge in [-0.15, -0.1) is 0 Å². The Morgan fingerprint density at radius 1 is 0.568 bits per heavy atom. The van der Waals surface area contributed by atoms with Gasteiger partial charge in [-0.05, 0) is 154 Å². The topological polar surface area (TPSA) is 148 Å². The molecule has 11 nitrogen and oxygen atoms in total. The molecule has 2 aliphatic rings. The van der Waals surface area contributed by atoms with Crippen LogP contribution in [0.2, 0.25) is 0 Å². The number of hydrogen-bond acceptors (Lipinski definition) is 9. The summed E-state index contributed by atoms with van der Waals surface area (Å²) in [5, 5.41) is 32.0. The van der Waals surface area contributed by atoms with Gasteiger partial charge < -0.3 is 29.5 Å². The minimum atomic E-state index is -0.784. The van der Waals surface area contributed by atoms with Gasteiger partial charge in [0.25, 0.3) is 0 Å². The van der Waals surface area contributed by atoms with Gasteiger partial charge in [0.2, 0.25) is 0 Å². The van der Waals surface area contributed by atoms with Crippen molar-refractivity contribution in [1.29, 1.82) is 5.26 Å². The summed E-state index contributed by atoms with van der Waals surface area (Å²) in [5.41, 5.74) is 6.99. The maximum Gasteiger partial charge on any atom is 0.411 e. The van der Waals surface area contributed by atoms with Crippen LogP contribution >= 0.6 is 31.9 Å². The molecule has 4 atom stereocenters. The third kappa shape index (κ3) is 20.1. The van der Waals surface area contributed by atoms with E-state index in [9.17, 15) is 25.1 Å². The van der Waals surface area contributed by atoms with E-state index in [4.69, 9.17) is 19.5 Å². The number of aromatic hydroxyl groups is 2. The van der Waals surface area contributed by atoms with E-state index >= 15 is 0 Å². The number of carbonyl (C=O) groups is 2. The molecule has 2 aliphatic heterocycles. The number of halogens is 2. The van der Waals surface area contributed by atoms with Crippen LogP contribution in [-0.2, 0) is 59.1 Å².